The number of aromatic nitrogens is 4. The van der Waals surface area contributed by atoms with Crippen LogP contribution in [-0.4, -0.2) is 44.6 Å². The van der Waals surface area contributed by atoms with Crippen LogP contribution in [0.1, 0.15) is 76.1 Å². The van der Waals surface area contributed by atoms with E-state index in [0.29, 0.717) is 29.9 Å². The van der Waals surface area contributed by atoms with Crippen LogP contribution in [0.5, 0.6) is 0 Å². The summed E-state index contributed by atoms with van der Waals surface area (Å²) < 4.78 is 1.18. The first-order valence-electron chi connectivity index (χ1n) is 13.1. The average Bonchev–Trinajstić information content (AvgIpc) is 3.76. The van der Waals surface area contributed by atoms with Gasteiger partial charge in [0.05, 0.1) is 21.7 Å². The molecular formula is C26H34N9S+. The fraction of sp³-hybridized carbons (Fsp3) is 0.615. The molecule has 0 radical (unpaired) electrons. The zero-order valence-corrected chi connectivity index (χ0v) is 22.3. The molecule has 0 spiro atoms. The number of hydrogen-bond donors (Lipinski definition) is 2. The zero-order chi connectivity index (χ0) is 24.9. The lowest BCUT2D eigenvalue weighted by Crippen LogP contribution is -2.29. The summed E-state index contributed by atoms with van der Waals surface area (Å²) in [5, 5.41) is 16.5. The number of thiazole rings is 1. The van der Waals surface area contributed by atoms with Crippen LogP contribution < -0.4 is 15.5 Å². The van der Waals surface area contributed by atoms with Gasteiger partial charge < -0.3 is 10.6 Å². The van der Waals surface area contributed by atoms with Gasteiger partial charge in [0.15, 0.2) is 0 Å². The molecule has 188 valence electrons. The topological polar surface area (TPSA) is 114 Å². The van der Waals surface area contributed by atoms with E-state index in [1.54, 1.807) is 18.4 Å². The highest BCUT2D eigenvalue weighted by Gasteiger charge is 2.40. The lowest BCUT2D eigenvalue weighted by Gasteiger charge is -2.22. The first kappa shape index (κ1) is 23.4. The number of fused-ring (bicyclic) bond motifs is 1. The van der Waals surface area contributed by atoms with Gasteiger partial charge in [-0.25, -0.2) is 9.97 Å². The van der Waals surface area contributed by atoms with Gasteiger partial charge >= 0.3 is 0 Å². The quantitative estimate of drug-likeness (QED) is 0.293. The summed E-state index contributed by atoms with van der Waals surface area (Å²) >= 11 is 1.71. The van der Waals surface area contributed by atoms with Crippen LogP contribution in [-0.2, 0) is 0 Å². The summed E-state index contributed by atoms with van der Waals surface area (Å²) in [5.74, 6) is 2.57. The molecule has 0 aromatic carbocycles. The molecule has 3 aliphatic carbocycles. The summed E-state index contributed by atoms with van der Waals surface area (Å²) in [7, 11) is 1.66. The molecule has 3 heterocycles. The molecule has 10 heteroatoms. The number of nitrogens with zero attached hydrogens (tertiary/aromatic N) is 7. The second kappa shape index (κ2) is 9.16. The monoisotopic (exact) mass is 504 g/mol. The van der Waals surface area contributed by atoms with Crippen molar-refractivity contribution < 1.29 is 0 Å². The first-order chi connectivity index (χ1) is 17.4. The van der Waals surface area contributed by atoms with Crippen molar-refractivity contribution >= 4 is 33.3 Å². The largest absolute Gasteiger partial charge is 0.367 e. The van der Waals surface area contributed by atoms with E-state index in [-0.39, 0.29) is 5.54 Å². The second-order valence-electron chi connectivity index (χ2n) is 11.0. The smallest absolute Gasteiger partial charge is 0.225 e. The average molecular weight is 505 g/mol. The molecule has 9 nitrogen and oxygen atoms in total. The maximum atomic E-state index is 5.11. The lowest BCUT2D eigenvalue weighted by atomic mass is 9.87. The third-order valence-corrected chi connectivity index (χ3v) is 8.72. The van der Waals surface area contributed by atoms with Crippen LogP contribution in [0.15, 0.2) is 22.5 Å². The molecule has 0 aliphatic heterocycles. The fourth-order valence-electron chi connectivity index (χ4n) is 5.23. The molecule has 2 N–H and O–H groups in total. The van der Waals surface area contributed by atoms with Gasteiger partial charge in [-0.2, -0.15) is 4.98 Å². The Kier molecular flexibility index (Phi) is 5.96. The predicted molar refractivity (Wildman–Crippen MR) is 144 cm³/mol. The molecular weight excluding hydrogens is 470 g/mol. The number of pyridine rings is 1. The van der Waals surface area contributed by atoms with E-state index in [1.807, 2.05) is 6.20 Å². The molecule has 3 aliphatic rings. The van der Waals surface area contributed by atoms with Crippen LogP contribution in [0, 0.1) is 12.8 Å². The Hall–Kier alpha value is -2.97. The molecule has 3 aromatic heterocycles. The van der Waals surface area contributed by atoms with Gasteiger partial charge in [-0.05, 0) is 77.7 Å². The van der Waals surface area contributed by atoms with Gasteiger partial charge in [-0.1, -0.05) is 0 Å². The highest BCUT2D eigenvalue weighted by Crippen LogP contribution is 2.45. The molecule has 3 fully saturated rings. The van der Waals surface area contributed by atoms with Gasteiger partial charge in [0.25, 0.3) is 0 Å². The Morgan fingerprint density at radius 1 is 1.03 bits per heavy atom. The number of aryl methyl sites for hydroxylation is 1. The summed E-state index contributed by atoms with van der Waals surface area (Å²) in [4.78, 5) is 23.6. The minimum atomic E-state index is -0.238. The zero-order valence-electron chi connectivity index (χ0n) is 21.5. The van der Waals surface area contributed by atoms with E-state index in [2.05, 4.69) is 57.6 Å². The minimum Gasteiger partial charge on any atom is -0.367 e. The Labute approximate surface area is 215 Å². The van der Waals surface area contributed by atoms with Crippen LogP contribution in [0.25, 0.3) is 20.8 Å². The summed E-state index contributed by atoms with van der Waals surface area (Å²) in [6, 6.07) is 2.88. The van der Waals surface area contributed by atoms with Gasteiger partial charge in [-0.3, -0.25) is 4.98 Å². The Morgan fingerprint density at radius 2 is 1.83 bits per heavy atom. The van der Waals surface area contributed by atoms with Gasteiger partial charge in [0, 0.05) is 24.2 Å². The summed E-state index contributed by atoms with van der Waals surface area (Å²) in [6.07, 6.45) is 9.88. The van der Waals surface area contributed by atoms with Crippen LogP contribution in [0.4, 0.5) is 11.8 Å². The fourth-order valence-corrected chi connectivity index (χ4v) is 6.30. The van der Waals surface area contributed by atoms with Crippen LogP contribution >= 0.6 is 11.3 Å². The molecule has 0 amide bonds. The number of rotatable bonds is 8. The molecule has 0 bridgehead atoms. The van der Waals surface area contributed by atoms with E-state index >= 15 is 0 Å². The summed E-state index contributed by atoms with van der Waals surface area (Å²) in [6.45, 7) is 6.38. The maximum absolute atomic E-state index is 5.11. The normalized spacial score (nSPS) is 21.9. The molecule has 3 aromatic rings. The molecule has 3 saturated carbocycles. The van der Waals surface area contributed by atoms with E-state index in [4.69, 9.17) is 15.0 Å². The molecule has 2 unspecified atom stereocenters. The van der Waals surface area contributed by atoms with Crippen molar-refractivity contribution in [1.82, 2.24) is 24.8 Å². The van der Waals surface area contributed by atoms with Crippen molar-refractivity contribution in [2.45, 2.75) is 89.3 Å². The predicted octanol–water partition coefficient (Wildman–Crippen LogP) is 5.87. The number of hydrogen-bond acceptors (Lipinski definition) is 9. The second-order valence-corrected chi connectivity index (χ2v) is 12.0. The van der Waals surface area contributed by atoms with Gasteiger partial charge in [0.2, 0.25) is 10.9 Å². The molecule has 36 heavy (non-hydrogen) atoms. The first-order valence-corrected chi connectivity index (χ1v) is 13.9. The maximum Gasteiger partial charge on any atom is 0.225 e. The van der Waals surface area contributed by atoms with E-state index < -0.39 is 0 Å². The highest BCUT2D eigenvalue weighted by molar-refractivity contribution is 7.21. The number of nitrogens with one attached hydrogen (secondary N) is 2. The molecule has 6 rings (SSSR count). The van der Waals surface area contributed by atoms with Crippen molar-refractivity contribution in [3.8, 4) is 10.6 Å². The third-order valence-electron chi connectivity index (χ3n) is 7.68. The molecule has 0 saturated heterocycles. The minimum absolute atomic E-state index is 0.238. The SMILES string of the molecule is CN=[N+]=NC(C)(C)C1CCC(Nc2nc(NC3CC3)nc(C)c2-c2nc3c(C4CC4)nccc3s2)C1. The van der Waals surface area contributed by atoms with Crippen molar-refractivity contribution in [2.24, 2.45) is 16.1 Å². The Bertz CT molecular complexity index is 1350. The van der Waals surface area contributed by atoms with E-state index in [0.717, 1.165) is 52.6 Å². The van der Waals surface area contributed by atoms with Crippen molar-refractivity contribution in [3.63, 3.8) is 0 Å². The van der Waals surface area contributed by atoms with E-state index in [1.165, 1.54) is 30.4 Å². The molecule has 2 atom stereocenters. The Balaban J connectivity index is 1.34. The van der Waals surface area contributed by atoms with Crippen LogP contribution in [0.2, 0.25) is 0 Å². The summed E-state index contributed by atoms with van der Waals surface area (Å²) in [5.41, 5.74) is 3.90. The highest BCUT2D eigenvalue weighted by atomic mass is 32.1. The lowest BCUT2D eigenvalue weighted by molar-refractivity contribution is 0.312. The van der Waals surface area contributed by atoms with E-state index in [9.17, 15) is 0 Å². The third kappa shape index (κ3) is 4.72. The van der Waals surface area contributed by atoms with Gasteiger partial charge in [-0.15, -0.1) is 11.3 Å². The van der Waals surface area contributed by atoms with Crippen LogP contribution in [0.3, 0.4) is 0 Å². The number of anilines is 2. The standard InChI is InChI=1S/C26H34N9S/c1-14-20(24-32-22-19(36-24)11-12-28-21(22)15-5-6-15)23(33-25(29-14)31-17-9-10-17)30-18-8-7-16(13-18)26(2,3)34-35-27-4/h11-12,15-18H,5-10,13H2,1-4H3,(H2,29,30,31,33)/q+1. The Morgan fingerprint density at radius 3 is 2.58 bits per heavy atom. The van der Waals surface area contributed by atoms with Gasteiger partial charge in [0.1, 0.15) is 39.2 Å². The van der Waals surface area contributed by atoms with Crippen molar-refractivity contribution in [2.75, 3.05) is 17.7 Å². The van der Waals surface area contributed by atoms with Crippen molar-refractivity contribution in [3.05, 3.63) is 23.7 Å². The van der Waals surface area contributed by atoms with Crippen molar-refractivity contribution in [1.29, 1.82) is 0 Å².